The maximum absolute atomic E-state index is 13.2. The number of alkyl halides is 3. The Balaban J connectivity index is 2.56. The molecule has 3 nitrogen and oxygen atoms in total. The molecular formula is C11H10F4O3. The summed E-state index contributed by atoms with van der Waals surface area (Å²) in [6.07, 6.45) is -5.46. The topological polar surface area (TPSA) is 46.5 Å². The zero-order valence-electron chi connectivity index (χ0n) is 9.13. The van der Waals surface area contributed by atoms with E-state index in [1.807, 2.05) is 0 Å². The maximum atomic E-state index is 13.2. The summed E-state index contributed by atoms with van der Waals surface area (Å²) in [6.45, 7) is -0.997. The predicted octanol–water partition coefficient (Wildman–Crippen LogP) is 2.99. The molecule has 0 unspecified atom stereocenters. The van der Waals surface area contributed by atoms with Gasteiger partial charge >= 0.3 is 12.1 Å². The van der Waals surface area contributed by atoms with Crippen molar-refractivity contribution in [2.75, 3.05) is 6.61 Å². The summed E-state index contributed by atoms with van der Waals surface area (Å²) in [5, 5.41) is 8.67. The molecule has 0 radical (unpaired) electrons. The molecule has 100 valence electrons. The van der Waals surface area contributed by atoms with Crippen LogP contribution in [0.5, 0.6) is 0 Å². The zero-order chi connectivity index (χ0) is 13.8. The average Bonchev–Trinajstić information content (AvgIpc) is 2.24. The lowest BCUT2D eigenvalue weighted by Gasteiger charge is -2.08. The lowest BCUT2D eigenvalue weighted by Crippen LogP contribution is -2.12. The van der Waals surface area contributed by atoms with E-state index < -0.39 is 37.6 Å². The molecule has 0 aliphatic carbocycles. The summed E-state index contributed by atoms with van der Waals surface area (Å²) < 4.78 is 53.3. The lowest BCUT2D eigenvalue weighted by atomic mass is 10.1. The molecule has 0 bridgehead atoms. The number of ether oxygens (including phenoxy) is 1. The average molecular weight is 266 g/mol. The van der Waals surface area contributed by atoms with Crippen LogP contribution >= 0.6 is 0 Å². The Morgan fingerprint density at radius 2 is 2.00 bits per heavy atom. The number of benzene rings is 1. The van der Waals surface area contributed by atoms with E-state index in [0.717, 1.165) is 18.2 Å². The molecule has 0 atom stereocenters. The van der Waals surface area contributed by atoms with E-state index in [0.29, 0.717) is 0 Å². The van der Waals surface area contributed by atoms with Gasteiger partial charge in [-0.25, -0.2) is 9.18 Å². The van der Waals surface area contributed by atoms with E-state index in [-0.39, 0.29) is 11.1 Å². The van der Waals surface area contributed by atoms with Crippen LogP contribution in [-0.4, -0.2) is 23.9 Å². The smallest absolute Gasteiger partial charge is 0.391 e. The molecule has 0 aliphatic rings. The van der Waals surface area contributed by atoms with Gasteiger partial charge in [-0.3, -0.25) is 0 Å². The van der Waals surface area contributed by atoms with E-state index in [1.165, 1.54) is 0 Å². The highest BCUT2D eigenvalue weighted by molar-refractivity contribution is 5.87. The fourth-order valence-electron chi connectivity index (χ4n) is 1.19. The molecular weight excluding hydrogens is 256 g/mol. The Morgan fingerprint density at radius 3 is 2.56 bits per heavy atom. The van der Waals surface area contributed by atoms with Crippen molar-refractivity contribution in [3.8, 4) is 0 Å². The number of hydrogen-bond donors (Lipinski definition) is 1. The number of hydrogen-bond acceptors (Lipinski definition) is 2. The quantitative estimate of drug-likeness (QED) is 0.658. The van der Waals surface area contributed by atoms with E-state index in [4.69, 9.17) is 5.11 Å². The van der Waals surface area contributed by atoms with Crippen LogP contribution in [-0.2, 0) is 11.3 Å². The number of aromatic carboxylic acids is 1. The molecule has 0 saturated heterocycles. The molecule has 1 aromatic carbocycles. The van der Waals surface area contributed by atoms with Gasteiger partial charge in [-0.05, 0) is 18.2 Å². The Bertz CT molecular complexity index is 429. The first-order valence-electron chi connectivity index (χ1n) is 4.96. The molecule has 0 aromatic heterocycles. The van der Waals surface area contributed by atoms with Crippen molar-refractivity contribution in [2.45, 2.75) is 19.2 Å². The maximum Gasteiger partial charge on any atom is 0.391 e. The van der Waals surface area contributed by atoms with Crippen LogP contribution in [0.15, 0.2) is 18.2 Å². The second kappa shape index (κ2) is 5.81. The minimum atomic E-state index is -4.33. The molecule has 0 aliphatic heterocycles. The lowest BCUT2D eigenvalue weighted by molar-refractivity contribution is -0.146. The molecule has 18 heavy (non-hydrogen) atoms. The van der Waals surface area contributed by atoms with E-state index >= 15 is 0 Å². The molecule has 7 heteroatoms. The fourth-order valence-corrected chi connectivity index (χ4v) is 1.19. The molecule has 0 amide bonds. The van der Waals surface area contributed by atoms with Gasteiger partial charge in [-0.15, -0.1) is 0 Å². The second-order valence-corrected chi connectivity index (χ2v) is 3.53. The second-order valence-electron chi connectivity index (χ2n) is 3.53. The first kappa shape index (κ1) is 14.4. The summed E-state index contributed by atoms with van der Waals surface area (Å²) in [5.41, 5.74) is -0.233. The third-order valence-corrected chi connectivity index (χ3v) is 2.08. The normalized spacial score (nSPS) is 11.6. The van der Waals surface area contributed by atoms with Gasteiger partial charge in [0.25, 0.3) is 0 Å². The van der Waals surface area contributed by atoms with E-state index in [9.17, 15) is 22.4 Å². The molecule has 1 rings (SSSR count). The van der Waals surface area contributed by atoms with Gasteiger partial charge < -0.3 is 9.84 Å². The van der Waals surface area contributed by atoms with Crippen molar-refractivity contribution in [2.24, 2.45) is 0 Å². The number of halogens is 4. The van der Waals surface area contributed by atoms with Crippen LogP contribution in [0.2, 0.25) is 0 Å². The largest absolute Gasteiger partial charge is 0.478 e. The summed E-state index contributed by atoms with van der Waals surface area (Å²) in [6, 6.07) is 3.04. The monoisotopic (exact) mass is 266 g/mol. The summed E-state index contributed by atoms with van der Waals surface area (Å²) in [7, 11) is 0. The molecule has 1 N–H and O–H groups in total. The van der Waals surface area contributed by atoms with Crippen molar-refractivity contribution in [3.63, 3.8) is 0 Å². The highest BCUT2D eigenvalue weighted by Crippen LogP contribution is 2.19. The van der Waals surface area contributed by atoms with Crippen LogP contribution < -0.4 is 0 Å². The fraction of sp³-hybridized carbons (Fsp3) is 0.364. The summed E-state index contributed by atoms with van der Waals surface area (Å²) in [5.74, 6) is -1.96. The molecule has 1 aromatic rings. The standard InChI is InChI=1S/C11H10F4O3/c12-9-2-1-7(10(16)17)5-8(9)6-18-4-3-11(13,14)15/h1-2,5H,3-4,6H2,(H,16,17). The minimum absolute atomic E-state index is 0.0860. The highest BCUT2D eigenvalue weighted by Gasteiger charge is 2.26. The number of rotatable bonds is 5. The number of carbonyl (C=O) groups is 1. The molecule has 0 fully saturated rings. The summed E-state index contributed by atoms with van der Waals surface area (Å²) >= 11 is 0. The van der Waals surface area contributed by atoms with Gasteiger partial charge in [0.05, 0.1) is 25.2 Å². The van der Waals surface area contributed by atoms with Crippen molar-refractivity contribution >= 4 is 5.97 Å². The predicted molar refractivity (Wildman–Crippen MR) is 53.7 cm³/mol. The van der Waals surface area contributed by atoms with Crippen molar-refractivity contribution in [1.29, 1.82) is 0 Å². The SMILES string of the molecule is O=C(O)c1ccc(F)c(COCCC(F)(F)F)c1. The Labute approximate surface area is 100.0 Å². The molecule has 0 heterocycles. The van der Waals surface area contributed by atoms with Gasteiger partial charge in [-0.2, -0.15) is 13.2 Å². The first-order chi connectivity index (χ1) is 8.29. The van der Waals surface area contributed by atoms with Crippen LogP contribution in [0.3, 0.4) is 0 Å². The van der Waals surface area contributed by atoms with Gasteiger partial charge in [0.2, 0.25) is 0 Å². The Hall–Kier alpha value is -1.63. The van der Waals surface area contributed by atoms with E-state index in [2.05, 4.69) is 4.74 Å². The van der Waals surface area contributed by atoms with Gasteiger partial charge in [-0.1, -0.05) is 0 Å². The van der Waals surface area contributed by atoms with Crippen molar-refractivity contribution in [1.82, 2.24) is 0 Å². The molecule has 0 spiro atoms. The van der Waals surface area contributed by atoms with Crippen LogP contribution in [0.4, 0.5) is 17.6 Å². The highest BCUT2D eigenvalue weighted by atomic mass is 19.4. The summed E-state index contributed by atoms with van der Waals surface area (Å²) in [4.78, 5) is 10.6. The van der Waals surface area contributed by atoms with Crippen molar-refractivity contribution in [3.05, 3.63) is 35.1 Å². The van der Waals surface area contributed by atoms with Gasteiger partial charge in [0.15, 0.2) is 0 Å². The van der Waals surface area contributed by atoms with Crippen molar-refractivity contribution < 1.29 is 32.2 Å². The van der Waals surface area contributed by atoms with Crippen LogP contribution in [0.25, 0.3) is 0 Å². The number of carboxylic acids is 1. The Kier molecular flexibility index (Phi) is 4.66. The van der Waals surface area contributed by atoms with Gasteiger partial charge in [0, 0.05) is 5.56 Å². The van der Waals surface area contributed by atoms with Crippen LogP contribution in [0.1, 0.15) is 22.3 Å². The third kappa shape index (κ3) is 4.70. The van der Waals surface area contributed by atoms with Gasteiger partial charge in [0.1, 0.15) is 5.82 Å². The third-order valence-electron chi connectivity index (χ3n) is 2.08. The van der Waals surface area contributed by atoms with E-state index in [1.54, 1.807) is 0 Å². The Morgan fingerprint density at radius 1 is 1.33 bits per heavy atom. The minimum Gasteiger partial charge on any atom is -0.478 e. The molecule has 0 saturated carbocycles. The first-order valence-corrected chi connectivity index (χ1v) is 4.96. The van der Waals surface area contributed by atoms with Crippen LogP contribution in [0, 0.1) is 5.82 Å². The zero-order valence-corrected chi connectivity index (χ0v) is 9.13. The number of carboxylic acid groups (broad SMARTS) is 1.